The second kappa shape index (κ2) is 5.68. The predicted octanol–water partition coefficient (Wildman–Crippen LogP) is 3.20. The van der Waals surface area contributed by atoms with Gasteiger partial charge in [0.05, 0.1) is 5.60 Å². The lowest BCUT2D eigenvalue weighted by Crippen LogP contribution is -2.24. The molecule has 0 aromatic rings. The maximum atomic E-state index is 8.14. The van der Waals surface area contributed by atoms with Gasteiger partial charge in [-0.1, -0.05) is 17.3 Å². The Labute approximate surface area is 84.6 Å². The minimum Gasteiger partial charge on any atom is -0.371 e. The van der Waals surface area contributed by atoms with Gasteiger partial charge < -0.3 is 4.74 Å². The first-order chi connectivity index (χ1) is 6.83. The fourth-order valence-corrected chi connectivity index (χ4v) is 1.93. The fourth-order valence-electron chi connectivity index (χ4n) is 1.93. The first-order valence-electron chi connectivity index (χ1n) is 5.12. The lowest BCUT2D eigenvalue weighted by molar-refractivity contribution is 0.0371. The summed E-state index contributed by atoms with van der Waals surface area (Å²) in [5.74, 6) is 0. The SMILES string of the molecule is C/C=C/[C@]1(CCCN=[N+]=[N-])CCCO1. The van der Waals surface area contributed by atoms with Crippen LogP contribution in [0.2, 0.25) is 0 Å². The number of hydrogen-bond acceptors (Lipinski definition) is 2. The molecule has 0 aromatic heterocycles. The van der Waals surface area contributed by atoms with Crippen molar-refractivity contribution in [2.24, 2.45) is 5.11 Å². The van der Waals surface area contributed by atoms with E-state index in [-0.39, 0.29) is 5.60 Å². The van der Waals surface area contributed by atoms with Crippen LogP contribution in [-0.2, 0) is 4.74 Å². The molecule has 0 radical (unpaired) electrons. The van der Waals surface area contributed by atoms with Gasteiger partial charge in [0.1, 0.15) is 0 Å². The Morgan fingerprint density at radius 2 is 2.50 bits per heavy atom. The monoisotopic (exact) mass is 195 g/mol. The first-order valence-corrected chi connectivity index (χ1v) is 5.12. The average molecular weight is 195 g/mol. The maximum Gasteiger partial charge on any atom is 0.0863 e. The molecule has 1 saturated heterocycles. The molecule has 4 nitrogen and oxygen atoms in total. The number of azide groups is 1. The van der Waals surface area contributed by atoms with Gasteiger partial charge in [-0.2, -0.15) is 0 Å². The summed E-state index contributed by atoms with van der Waals surface area (Å²) >= 11 is 0. The summed E-state index contributed by atoms with van der Waals surface area (Å²) in [6.45, 7) is 3.43. The molecule has 0 N–H and O–H groups in total. The third kappa shape index (κ3) is 3.05. The van der Waals surface area contributed by atoms with E-state index in [2.05, 4.69) is 16.1 Å². The van der Waals surface area contributed by atoms with Crippen molar-refractivity contribution in [2.75, 3.05) is 13.2 Å². The molecule has 0 aromatic carbocycles. The highest BCUT2D eigenvalue weighted by Gasteiger charge is 2.31. The highest BCUT2D eigenvalue weighted by molar-refractivity contribution is 5.03. The van der Waals surface area contributed by atoms with Crippen LogP contribution in [0.4, 0.5) is 0 Å². The highest BCUT2D eigenvalue weighted by atomic mass is 16.5. The summed E-state index contributed by atoms with van der Waals surface area (Å²) in [5, 5.41) is 3.52. The summed E-state index contributed by atoms with van der Waals surface area (Å²) < 4.78 is 5.74. The average Bonchev–Trinajstić information content (AvgIpc) is 2.63. The Kier molecular flexibility index (Phi) is 4.50. The molecule has 0 unspecified atom stereocenters. The lowest BCUT2D eigenvalue weighted by Gasteiger charge is -2.24. The molecule has 0 amide bonds. The molecule has 1 fully saturated rings. The standard InChI is InChI=1S/C10H17N3O/c1-2-5-10(7-4-9-14-10)6-3-8-12-13-11/h2,5H,3-4,6-9H2,1H3/b5-2+/t10-/m0/s1. The van der Waals surface area contributed by atoms with Gasteiger partial charge in [-0.05, 0) is 38.1 Å². The molecular weight excluding hydrogens is 178 g/mol. The van der Waals surface area contributed by atoms with E-state index < -0.39 is 0 Å². The quantitative estimate of drug-likeness (QED) is 0.218. The van der Waals surface area contributed by atoms with Gasteiger partial charge in [-0.3, -0.25) is 0 Å². The summed E-state index contributed by atoms with van der Waals surface area (Å²) in [7, 11) is 0. The molecule has 14 heavy (non-hydrogen) atoms. The Bertz CT molecular complexity index is 238. The minimum atomic E-state index is -0.0697. The zero-order chi connectivity index (χ0) is 10.3. The van der Waals surface area contributed by atoms with Crippen molar-refractivity contribution in [1.82, 2.24) is 0 Å². The second-order valence-electron chi connectivity index (χ2n) is 3.57. The van der Waals surface area contributed by atoms with E-state index >= 15 is 0 Å². The van der Waals surface area contributed by atoms with Crippen LogP contribution in [0.5, 0.6) is 0 Å². The molecule has 1 atom stereocenters. The normalized spacial score (nSPS) is 26.6. The van der Waals surface area contributed by atoms with Crippen LogP contribution in [0, 0.1) is 0 Å². The number of ether oxygens (including phenoxy) is 1. The molecular formula is C10H17N3O. The van der Waals surface area contributed by atoms with Crippen LogP contribution in [0.15, 0.2) is 17.3 Å². The fraction of sp³-hybridized carbons (Fsp3) is 0.800. The Balaban J connectivity index is 2.39. The topological polar surface area (TPSA) is 58.0 Å². The van der Waals surface area contributed by atoms with E-state index in [9.17, 15) is 0 Å². The van der Waals surface area contributed by atoms with Crippen molar-refractivity contribution in [3.05, 3.63) is 22.6 Å². The van der Waals surface area contributed by atoms with Crippen molar-refractivity contribution in [2.45, 2.75) is 38.2 Å². The van der Waals surface area contributed by atoms with E-state index in [1.807, 2.05) is 13.0 Å². The van der Waals surface area contributed by atoms with E-state index in [0.29, 0.717) is 6.54 Å². The maximum absolute atomic E-state index is 8.14. The molecule has 78 valence electrons. The van der Waals surface area contributed by atoms with Crippen molar-refractivity contribution in [3.63, 3.8) is 0 Å². The van der Waals surface area contributed by atoms with Crippen molar-refractivity contribution < 1.29 is 4.74 Å². The van der Waals surface area contributed by atoms with Gasteiger partial charge in [-0.15, -0.1) is 0 Å². The van der Waals surface area contributed by atoms with Crippen LogP contribution < -0.4 is 0 Å². The summed E-state index contributed by atoms with van der Waals surface area (Å²) in [6.07, 6.45) is 8.25. The van der Waals surface area contributed by atoms with Gasteiger partial charge in [0.25, 0.3) is 0 Å². The van der Waals surface area contributed by atoms with Crippen molar-refractivity contribution in [3.8, 4) is 0 Å². The third-order valence-electron chi connectivity index (χ3n) is 2.53. The van der Waals surface area contributed by atoms with E-state index in [1.165, 1.54) is 0 Å². The van der Waals surface area contributed by atoms with Crippen molar-refractivity contribution >= 4 is 0 Å². The van der Waals surface area contributed by atoms with E-state index in [0.717, 1.165) is 32.3 Å². The molecule has 4 heteroatoms. The Morgan fingerprint density at radius 1 is 1.64 bits per heavy atom. The van der Waals surface area contributed by atoms with Gasteiger partial charge in [-0.25, -0.2) is 0 Å². The lowest BCUT2D eigenvalue weighted by atomic mass is 9.94. The molecule has 0 saturated carbocycles. The number of nitrogens with zero attached hydrogens (tertiary/aromatic N) is 3. The summed E-state index contributed by atoms with van der Waals surface area (Å²) in [6, 6.07) is 0. The van der Waals surface area contributed by atoms with E-state index in [4.69, 9.17) is 10.3 Å². The molecule has 1 rings (SSSR count). The van der Waals surface area contributed by atoms with Crippen molar-refractivity contribution in [1.29, 1.82) is 0 Å². The van der Waals surface area contributed by atoms with Gasteiger partial charge >= 0.3 is 0 Å². The summed E-state index contributed by atoms with van der Waals surface area (Å²) in [5.41, 5.74) is 8.07. The smallest absolute Gasteiger partial charge is 0.0863 e. The highest BCUT2D eigenvalue weighted by Crippen LogP contribution is 2.31. The van der Waals surface area contributed by atoms with Gasteiger partial charge in [0.2, 0.25) is 0 Å². The molecule has 1 aliphatic rings. The number of allylic oxidation sites excluding steroid dienone is 1. The largest absolute Gasteiger partial charge is 0.371 e. The first kappa shape index (κ1) is 11.1. The number of rotatable bonds is 5. The van der Waals surface area contributed by atoms with Crippen LogP contribution in [-0.4, -0.2) is 18.8 Å². The molecule has 0 aliphatic carbocycles. The zero-order valence-electron chi connectivity index (χ0n) is 8.65. The summed E-state index contributed by atoms with van der Waals surface area (Å²) in [4.78, 5) is 2.73. The predicted molar refractivity (Wildman–Crippen MR) is 56.0 cm³/mol. The van der Waals surface area contributed by atoms with Crippen LogP contribution in [0.3, 0.4) is 0 Å². The van der Waals surface area contributed by atoms with Crippen LogP contribution in [0.1, 0.15) is 32.6 Å². The molecule has 0 bridgehead atoms. The minimum absolute atomic E-state index is 0.0697. The van der Waals surface area contributed by atoms with Gasteiger partial charge in [0, 0.05) is 18.1 Å². The van der Waals surface area contributed by atoms with E-state index in [1.54, 1.807) is 0 Å². The molecule has 1 aliphatic heterocycles. The third-order valence-corrected chi connectivity index (χ3v) is 2.53. The molecule has 0 spiro atoms. The Morgan fingerprint density at radius 3 is 3.07 bits per heavy atom. The van der Waals surface area contributed by atoms with Gasteiger partial charge in [0.15, 0.2) is 0 Å². The zero-order valence-corrected chi connectivity index (χ0v) is 8.65. The van der Waals surface area contributed by atoms with Crippen LogP contribution >= 0.6 is 0 Å². The second-order valence-corrected chi connectivity index (χ2v) is 3.57. The number of hydrogen-bond donors (Lipinski definition) is 0. The molecule has 1 heterocycles. The Hall–Kier alpha value is -0.990. The van der Waals surface area contributed by atoms with Crippen LogP contribution in [0.25, 0.3) is 10.4 Å².